The van der Waals surface area contributed by atoms with Crippen molar-refractivity contribution in [2.24, 2.45) is 0 Å². The molecule has 0 aromatic heterocycles. The molecular weight excluding hydrogens is 279 g/mol. The van der Waals surface area contributed by atoms with Crippen LogP contribution in [0.15, 0.2) is 48.5 Å². The van der Waals surface area contributed by atoms with Crippen LogP contribution in [0.25, 0.3) is 0 Å². The van der Waals surface area contributed by atoms with Gasteiger partial charge in [0, 0.05) is 37.4 Å². The molecule has 22 heavy (non-hydrogen) atoms. The van der Waals surface area contributed by atoms with Crippen LogP contribution in [0.4, 0.5) is 10.1 Å². The summed E-state index contributed by atoms with van der Waals surface area (Å²) in [5.74, 6) is -0.0998. The van der Waals surface area contributed by atoms with Crippen molar-refractivity contribution in [2.45, 2.75) is 6.92 Å². The molecule has 2 aromatic rings. The summed E-state index contributed by atoms with van der Waals surface area (Å²) in [7, 11) is 0. The number of halogens is 1. The fourth-order valence-electron chi connectivity index (χ4n) is 2.76. The number of carbonyl (C=O) groups excluding carboxylic acids is 1. The van der Waals surface area contributed by atoms with Crippen molar-refractivity contribution in [1.29, 1.82) is 0 Å². The van der Waals surface area contributed by atoms with E-state index in [1.165, 1.54) is 6.07 Å². The molecule has 3 nitrogen and oxygen atoms in total. The Morgan fingerprint density at radius 1 is 1.00 bits per heavy atom. The maximum atomic E-state index is 13.4. The maximum absolute atomic E-state index is 13.4. The molecule has 0 unspecified atom stereocenters. The van der Waals surface area contributed by atoms with E-state index < -0.39 is 0 Å². The average molecular weight is 298 g/mol. The third kappa shape index (κ3) is 2.96. The molecule has 1 amide bonds. The van der Waals surface area contributed by atoms with Crippen LogP contribution in [-0.4, -0.2) is 37.0 Å². The van der Waals surface area contributed by atoms with Gasteiger partial charge in [0.25, 0.3) is 5.91 Å². The quantitative estimate of drug-likeness (QED) is 0.850. The van der Waals surface area contributed by atoms with E-state index in [-0.39, 0.29) is 11.7 Å². The highest BCUT2D eigenvalue weighted by Crippen LogP contribution is 2.20. The Balaban J connectivity index is 1.65. The first-order valence-corrected chi connectivity index (χ1v) is 7.50. The molecule has 114 valence electrons. The fourth-order valence-corrected chi connectivity index (χ4v) is 2.76. The summed E-state index contributed by atoms with van der Waals surface area (Å²) in [6, 6.07) is 14.5. The number of carbonyl (C=O) groups is 1. The molecule has 1 aliphatic rings. The SMILES string of the molecule is Cc1cc(N2CCN(C(=O)c3ccccc3)CC2)ccc1F. The molecule has 0 spiro atoms. The van der Waals surface area contributed by atoms with Gasteiger partial charge in [0.2, 0.25) is 0 Å². The van der Waals surface area contributed by atoms with E-state index >= 15 is 0 Å². The number of aryl methyl sites for hydroxylation is 1. The van der Waals surface area contributed by atoms with Gasteiger partial charge in [-0.15, -0.1) is 0 Å². The molecule has 1 fully saturated rings. The molecule has 4 heteroatoms. The lowest BCUT2D eigenvalue weighted by molar-refractivity contribution is 0.0747. The Morgan fingerprint density at radius 3 is 2.32 bits per heavy atom. The molecule has 0 atom stereocenters. The number of hydrogen-bond acceptors (Lipinski definition) is 2. The maximum Gasteiger partial charge on any atom is 0.253 e. The predicted molar refractivity (Wildman–Crippen MR) is 85.7 cm³/mol. The molecule has 2 aromatic carbocycles. The monoisotopic (exact) mass is 298 g/mol. The highest BCUT2D eigenvalue weighted by Gasteiger charge is 2.22. The van der Waals surface area contributed by atoms with E-state index in [2.05, 4.69) is 4.90 Å². The first-order valence-electron chi connectivity index (χ1n) is 7.50. The third-order valence-electron chi connectivity index (χ3n) is 4.09. The first-order chi connectivity index (χ1) is 10.6. The summed E-state index contributed by atoms with van der Waals surface area (Å²) in [5, 5.41) is 0. The van der Waals surface area contributed by atoms with Gasteiger partial charge in [-0.1, -0.05) is 18.2 Å². The Morgan fingerprint density at radius 2 is 1.68 bits per heavy atom. The van der Waals surface area contributed by atoms with Gasteiger partial charge in [0.15, 0.2) is 0 Å². The zero-order valence-electron chi connectivity index (χ0n) is 12.6. The van der Waals surface area contributed by atoms with E-state index in [1.807, 2.05) is 41.3 Å². The van der Waals surface area contributed by atoms with Gasteiger partial charge in [-0.25, -0.2) is 4.39 Å². The third-order valence-corrected chi connectivity index (χ3v) is 4.09. The van der Waals surface area contributed by atoms with Crippen LogP contribution in [0, 0.1) is 12.7 Å². The van der Waals surface area contributed by atoms with E-state index in [1.54, 1.807) is 13.0 Å². The molecule has 0 saturated carbocycles. The van der Waals surface area contributed by atoms with Gasteiger partial charge in [-0.3, -0.25) is 4.79 Å². The minimum atomic E-state index is -0.179. The molecule has 1 saturated heterocycles. The van der Waals surface area contributed by atoms with Gasteiger partial charge in [-0.2, -0.15) is 0 Å². The lowest BCUT2D eigenvalue weighted by atomic mass is 10.1. The lowest BCUT2D eigenvalue weighted by Gasteiger charge is -2.36. The summed E-state index contributed by atoms with van der Waals surface area (Å²) >= 11 is 0. The molecule has 0 radical (unpaired) electrons. The topological polar surface area (TPSA) is 23.6 Å². The predicted octanol–water partition coefficient (Wildman–Crippen LogP) is 3.10. The molecule has 0 bridgehead atoms. The largest absolute Gasteiger partial charge is 0.368 e. The normalized spacial score (nSPS) is 15.0. The fraction of sp³-hybridized carbons (Fsp3) is 0.278. The van der Waals surface area contributed by atoms with Gasteiger partial charge in [0.05, 0.1) is 0 Å². The highest BCUT2D eigenvalue weighted by atomic mass is 19.1. The van der Waals surface area contributed by atoms with Crippen LogP contribution in [0.3, 0.4) is 0 Å². The van der Waals surface area contributed by atoms with Crippen molar-refractivity contribution < 1.29 is 9.18 Å². The van der Waals surface area contributed by atoms with Crippen LogP contribution in [0.5, 0.6) is 0 Å². The van der Waals surface area contributed by atoms with Crippen molar-refractivity contribution >= 4 is 11.6 Å². The van der Waals surface area contributed by atoms with Crippen LogP contribution < -0.4 is 4.90 Å². The number of anilines is 1. The summed E-state index contributed by atoms with van der Waals surface area (Å²) in [6.45, 7) is 4.68. The number of benzene rings is 2. The highest BCUT2D eigenvalue weighted by molar-refractivity contribution is 5.94. The molecule has 3 rings (SSSR count). The van der Waals surface area contributed by atoms with Crippen LogP contribution >= 0.6 is 0 Å². The molecule has 0 aliphatic carbocycles. The van der Waals surface area contributed by atoms with E-state index in [0.29, 0.717) is 18.7 Å². The minimum absolute atomic E-state index is 0.0792. The lowest BCUT2D eigenvalue weighted by Crippen LogP contribution is -2.48. The summed E-state index contributed by atoms with van der Waals surface area (Å²) in [4.78, 5) is 16.5. The second kappa shape index (κ2) is 6.18. The van der Waals surface area contributed by atoms with Crippen molar-refractivity contribution in [3.63, 3.8) is 0 Å². The molecular formula is C18H19FN2O. The van der Waals surface area contributed by atoms with E-state index in [0.717, 1.165) is 24.3 Å². The van der Waals surface area contributed by atoms with Crippen molar-refractivity contribution in [1.82, 2.24) is 4.90 Å². The summed E-state index contributed by atoms with van der Waals surface area (Å²) in [6.07, 6.45) is 0. The second-order valence-corrected chi connectivity index (χ2v) is 5.58. The number of rotatable bonds is 2. The summed E-state index contributed by atoms with van der Waals surface area (Å²) in [5.41, 5.74) is 2.40. The first kappa shape index (κ1) is 14.6. The molecule has 0 N–H and O–H groups in total. The van der Waals surface area contributed by atoms with E-state index in [4.69, 9.17) is 0 Å². The van der Waals surface area contributed by atoms with Gasteiger partial charge in [0.1, 0.15) is 5.82 Å². The van der Waals surface area contributed by atoms with Crippen LogP contribution in [0.1, 0.15) is 15.9 Å². The van der Waals surface area contributed by atoms with Crippen molar-refractivity contribution in [3.05, 3.63) is 65.5 Å². The smallest absolute Gasteiger partial charge is 0.253 e. The Hall–Kier alpha value is -2.36. The van der Waals surface area contributed by atoms with Crippen molar-refractivity contribution in [3.8, 4) is 0 Å². The zero-order chi connectivity index (χ0) is 15.5. The number of amides is 1. The average Bonchev–Trinajstić information content (AvgIpc) is 2.58. The minimum Gasteiger partial charge on any atom is -0.368 e. The van der Waals surface area contributed by atoms with E-state index in [9.17, 15) is 9.18 Å². The van der Waals surface area contributed by atoms with Crippen LogP contribution in [-0.2, 0) is 0 Å². The Kier molecular flexibility index (Phi) is 4.09. The van der Waals surface area contributed by atoms with Gasteiger partial charge < -0.3 is 9.80 Å². The van der Waals surface area contributed by atoms with Gasteiger partial charge >= 0.3 is 0 Å². The van der Waals surface area contributed by atoms with Crippen LogP contribution in [0.2, 0.25) is 0 Å². The second-order valence-electron chi connectivity index (χ2n) is 5.58. The molecule has 1 aliphatic heterocycles. The Labute approximate surface area is 130 Å². The standard InChI is InChI=1S/C18H19FN2O/c1-14-13-16(7-8-17(14)19)20-9-11-21(12-10-20)18(22)15-5-3-2-4-6-15/h2-8,13H,9-12H2,1H3. The van der Waals surface area contributed by atoms with Crippen molar-refractivity contribution in [2.75, 3.05) is 31.1 Å². The zero-order valence-corrected chi connectivity index (χ0v) is 12.6. The number of piperazine rings is 1. The Bertz CT molecular complexity index is 664. The number of nitrogens with zero attached hydrogens (tertiary/aromatic N) is 2. The summed E-state index contributed by atoms with van der Waals surface area (Å²) < 4.78 is 13.4. The molecule has 1 heterocycles. The number of hydrogen-bond donors (Lipinski definition) is 0. The van der Waals surface area contributed by atoms with Gasteiger partial charge in [-0.05, 0) is 42.8 Å².